The van der Waals surface area contributed by atoms with Gasteiger partial charge in [-0.2, -0.15) is 0 Å². The van der Waals surface area contributed by atoms with Crippen LogP contribution in [0.15, 0.2) is 0 Å². The summed E-state index contributed by atoms with van der Waals surface area (Å²) in [6.07, 6.45) is 16.6. The van der Waals surface area contributed by atoms with E-state index in [0.717, 1.165) is 30.6 Å². The van der Waals surface area contributed by atoms with Crippen molar-refractivity contribution in [2.45, 2.75) is 105 Å². The summed E-state index contributed by atoms with van der Waals surface area (Å²) < 4.78 is 0. The van der Waals surface area contributed by atoms with Crippen LogP contribution in [0.1, 0.15) is 105 Å². The Morgan fingerprint density at radius 1 is 0.826 bits per heavy atom. The van der Waals surface area contributed by atoms with E-state index in [9.17, 15) is 4.79 Å². The molecule has 2 saturated carbocycles. The fourth-order valence-corrected chi connectivity index (χ4v) is 5.10. The molecule has 1 nitrogen and oxygen atoms in total. The molecule has 0 aliphatic heterocycles. The van der Waals surface area contributed by atoms with Crippen molar-refractivity contribution in [1.82, 2.24) is 0 Å². The summed E-state index contributed by atoms with van der Waals surface area (Å²) in [6.45, 7) is 8.56. The van der Waals surface area contributed by atoms with Crippen molar-refractivity contribution in [3.63, 3.8) is 0 Å². The van der Waals surface area contributed by atoms with Gasteiger partial charge >= 0.3 is 0 Å². The van der Waals surface area contributed by atoms with Gasteiger partial charge in [0.25, 0.3) is 0 Å². The first-order chi connectivity index (χ1) is 10.9. The van der Waals surface area contributed by atoms with E-state index in [1.165, 1.54) is 64.2 Å². The molecule has 134 valence electrons. The zero-order valence-corrected chi connectivity index (χ0v) is 16.2. The van der Waals surface area contributed by atoms with Crippen LogP contribution in [0.4, 0.5) is 0 Å². The first kappa shape index (κ1) is 19.0. The van der Waals surface area contributed by atoms with Gasteiger partial charge in [0.1, 0.15) is 5.78 Å². The van der Waals surface area contributed by atoms with Crippen molar-refractivity contribution >= 4 is 5.78 Å². The van der Waals surface area contributed by atoms with Crippen LogP contribution >= 0.6 is 0 Å². The smallest absolute Gasteiger partial charge is 0.141 e. The van der Waals surface area contributed by atoms with Crippen LogP contribution in [-0.2, 0) is 4.79 Å². The highest BCUT2D eigenvalue weighted by molar-refractivity contribution is 5.85. The zero-order chi connectivity index (χ0) is 16.9. The van der Waals surface area contributed by atoms with Crippen molar-refractivity contribution in [3.05, 3.63) is 0 Å². The van der Waals surface area contributed by atoms with Gasteiger partial charge in [-0.3, -0.25) is 4.79 Å². The number of hydrogen-bond donors (Lipinski definition) is 0. The van der Waals surface area contributed by atoms with E-state index in [0.29, 0.717) is 11.7 Å². The maximum atomic E-state index is 12.5. The molecule has 0 bridgehead atoms. The normalized spacial score (nSPS) is 32.7. The average Bonchev–Trinajstić information content (AvgIpc) is 2.54. The van der Waals surface area contributed by atoms with Gasteiger partial charge in [-0.05, 0) is 56.3 Å². The summed E-state index contributed by atoms with van der Waals surface area (Å²) in [6, 6.07) is 0. The standard InChI is InChI=1S/C22H40O/c1-5-6-7-8-17-9-11-18(12-10-17)19-13-15-20(16-14-19)21(23)22(2,3)4/h17-20H,5-16H2,1-4H3/t17?,18?,19-,20-. The summed E-state index contributed by atoms with van der Waals surface area (Å²) in [4.78, 5) is 12.5. The molecule has 0 aromatic rings. The molecular weight excluding hydrogens is 280 g/mol. The number of carbonyl (C=O) groups is 1. The molecule has 0 spiro atoms. The minimum Gasteiger partial charge on any atom is -0.299 e. The first-order valence-electron chi connectivity index (χ1n) is 10.5. The van der Waals surface area contributed by atoms with E-state index >= 15 is 0 Å². The predicted octanol–water partition coefficient (Wildman–Crippen LogP) is 6.79. The molecule has 0 saturated heterocycles. The highest BCUT2D eigenvalue weighted by Crippen LogP contribution is 2.43. The monoisotopic (exact) mass is 320 g/mol. The quantitative estimate of drug-likeness (QED) is 0.492. The van der Waals surface area contributed by atoms with Crippen molar-refractivity contribution in [2.75, 3.05) is 0 Å². The maximum absolute atomic E-state index is 12.5. The fourth-order valence-electron chi connectivity index (χ4n) is 5.10. The Labute approximate surface area is 145 Å². The van der Waals surface area contributed by atoms with Crippen LogP contribution in [0.5, 0.6) is 0 Å². The Morgan fingerprint density at radius 3 is 1.83 bits per heavy atom. The van der Waals surface area contributed by atoms with Gasteiger partial charge < -0.3 is 0 Å². The number of rotatable bonds is 6. The number of unbranched alkanes of at least 4 members (excludes halogenated alkanes) is 2. The second kappa shape index (κ2) is 8.67. The van der Waals surface area contributed by atoms with Gasteiger partial charge in [0.2, 0.25) is 0 Å². The van der Waals surface area contributed by atoms with Crippen LogP contribution in [0, 0.1) is 29.1 Å². The molecule has 0 aromatic carbocycles. The molecule has 0 heterocycles. The molecule has 0 radical (unpaired) electrons. The summed E-state index contributed by atoms with van der Waals surface area (Å²) in [5, 5.41) is 0. The lowest BCUT2D eigenvalue weighted by Gasteiger charge is -2.38. The number of ketones is 1. The van der Waals surface area contributed by atoms with E-state index in [1.807, 2.05) is 0 Å². The summed E-state index contributed by atoms with van der Waals surface area (Å²) in [7, 11) is 0. The van der Waals surface area contributed by atoms with Crippen molar-refractivity contribution in [1.29, 1.82) is 0 Å². The molecular formula is C22H40O. The molecule has 2 aliphatic rings. The SMILES string of the molecule is CCCCCC1CCC([C@H]2CC[C@H](C(=O)C(C)(C)C)CC2)CC1. The molecule has 0 atom stereocenters. The van der Waals surface area contributed by atoms with Gasteiger partial charge in [-0.1, -0.05) is 66.2 Å². The highest BCUT2D eigenvalue weighted by Gasteiger charge is 2.35. The minimum absolute atomic E-state index is 0.145. The minimum atomic E-state index is -0.145. The number of carbonyl (C=O) groups excluding carboxylic acids is 1. The van der Waals surface area contributed by atoms with Gasteiger partial charge in [0.15, 0.2) is 0 Å². The lowest BCUT2D eigenvalue weighted by molar-refractivity contribution is -0.131. The van der Waals surface area contributed by atoms with Gasteiger partial charge in [-0.15, -0.1) is 0 Å². The van der Waals surface area contributed by atoms with E-state index in [1.54, 1.807) is 0 Å². The Morgan fingerprint density at radius 2 is 1.35 bits per heavy atom. The molecule has 2 rings (SSSR count). The molecule has 0 amide bonds. The second-order valence-corrected chi connectivity index (χ2v) is 9.50. The van der Waals surface area contributed by atoms with E-state index < -0.39 is 0 Å². The van der Waals surface area contributed by atoms with Gasteiger partial charge in [-0.25, -0.2) is 0 Å². The summed E-state index contributed by atoms with van der Waals surface area (Å²) in [5.74, 6) is 3.79. The highest BCUT2D eigenvalue weighted by atomic mass is 16.1. The Kier molecular flexibility index (Phi) is 7.17. The van der Waals surface area contributed by atoms with Crippen LogP contribution in [-0.4, -0.2) is 5.78 Å². The molecule has 2 aliphatic carbocycles. The molecule has 0 N–H and O–H groups in total. The Bertz CT molecular complexity index is 349. The molecule has 0 aromatic heterocycles. The molecule has 23 heavy (non-hydrogen) atoms. The van der Waals surface area contributed by atoms with Crippen LogP contribution < -0.4 is 0 Å². The molecule has 1 heteroatoms. The third kappa shape index (κ3) is 5.61. The fraction of sp³-hybridized carbons (Fsp3) is 0.955. The summed E-state index contributed by atoms with van der Waals surface area (Å²) in [5.41, 5.74) is -0.145. The van der Waals surface area contributed by atoms with Gasteiger partial charge in [0, 0.05) is 11.3 Å². The lowest BCUT2D eigenvalue weighted by Crippen LogP contribution is -2.33. The third-order valence-electron chi connectivity index (χ3n) is 6.66. The third-order valence-corrected chi connectivity index (χ3v) is 6.66. The Balaban J connectivity index is 1.70. The number of Topliss-reactive ketones (excluding diaryl/α,β-unsaturated/α-hetero) is 1. The van der Waals surface area contributed by atoms with Crippen molar-refractivity contribution in [2.24, 2.45) is 29.1 Å². The van der Waals surface area contributed by atoms with E-state index in [4.69, 9.17) is 0 Å². The van der Waals surface area contributed by atoms with Crippen molar-refractivity contribution in [3.8, 4) is 0 Å². The van der Waals surface area contributed by atoms with Crippen LogP contribution in [0.3, 0.4) is 0 Å². The lowest BCUT2D eigenvalue weighted by atomic mass is 9.66. The maximum Gasteiger partial charge on any atom is 0.141 e. The molecule has 0 unspecified atom stereocenters. The topological polar surface area (TPSA) is 17.1 Å². The summed E-state index contributed by atoms with van der Waals surface area (Å²) >= 11 is 0. The second-order valence-electron chi connectivity index (χ2n) is 9.50. The van der Waals surface area contributed by atoms with Gasteiger partial charge in [0.05, 0.1) is 0 Å². The molecule has 2 fully saturated rings. The number of hydrogen-bond acceptors (Lipinski definition) is 1. The Hall–Kier alpha value is -0.330. The van der Waals surface area contributed by atoms with Crippen LogP contribution in [0.25, 0.3) is 0 Å². The van der Waals surface area contributed by atoms with Crippen LogP contribution in [0.2, 0.25) is 0 Å². The average molecular weight is 321 g/mol. The first-order valence-corrected chi connectivity index (χ1v) is 10.5. The largest absolute Gasteiger partial charge is 0.299 e. The van der Waals surface area contributed by atoms with E-state index in [2.05, 4.69) is 27.7 Å². The van der Waals surface area contributed by atoms with Crippen molar-refractivity contribution < 1.29 is 4.79 Å². The van der Waals surface area contributed by atoms with E-state index in [-0.39, 0.29) is 5.41 Å². The predicted molar refractivity (Wildman–Crippen MR) is 99.5 cm³/mol. The zero-order valence-electron chi connectivity index (χ0n) is 16.2.